The molecule has 3 aromatic rings. The highest BCUT2D eigenvalue weighted by Gasteiger charge is 2.08. The van der Waals surface area contributed by atoms with Gasteiger partial charge in [-0.2, -0.15) is 0 Å². The second-order valence-corrected chi connectivity index (χ2v) is 5.66. The summed E-state index contributed by atoms with van der Waals surface area (Å²) in [5.41, 5.74) is 2.37. The maximum absolute atomic E-state index is 11.9. The molecule has 110 valence electrons. The van der Waals surface area contributed by atoms with Crippen molar-refractivity contribution in [2.24, 2.45) is 0 Å². The molecule has 0 radical (unpaired) electrons. The van der Waals surface area contributed by atoms with Crippen LogP contribution in [0.2, 0.25) is 5.02 Å². The molecule has 0 saturated heterocycles. The standard InChI is InChI=1S/C15H11ClN4OS/c16-11-2-1-3-12(8-11)18-14(21)20-15-19-13(9-22-15)10-4-6-17-7-5-10/h1-9H,(H2,18,19,20,21). The van der Waals surface area contributed by atoms with Gasteiger partial charge in [0.25, 0.3) is 0 Å². The number of hydrogen-bond acceptors (Lipinski definition) is 4. The molecule has 22 heavy (non-hydrogen) atoms. The number of carbonyl (C=O) groups excluding carboxylic acids is 1. The van der Waals surface area contributed by atoms with Crippen LogP contribution in [0.3, 0.4) is 0 Å². The van der Waals surface area contributed by atoms with Gasteiger partial charge in [-0.3, -0.25) is 10.3 Å². The van der Waals surface area contributed by atoms with Crippen LogP contribution in [0, 0.1) is 0 Å². The topological polar surface area (TPSA) is 66.9 Å². The van der Waals surface area contributed by atoms with Crippen molar-refractivity contribution >= 4 is 39.8 Å². The van der Waals surface area contributed by atoms with Crippen LogP contribution in [0.5, 0.6) is 0 Å². The Morgan fingerprint density at radius 1 is 1.14 bits per heavy atom. The molecule has 3 rings (SSSR count). The van der Waals surface area contributed by atoms with E-state index >= 15 is 0 Å². The molecule has 0 atom stereocenters. The Labute approximate surface area is 136 Å². The van der Waals surface area contributed by atoms with E-state index < -0.39 is 0 Å². The van der Waals surface area contributed by atoms with Gasteiger partial charge in [0.05, 0.1) is 5.69 Å². The molecule has 7 heteroatoms. The number of nitrogens with zero attached hydrogens (tertiary/aromatic N) is 2. The number of halogens is 1. The van der Waals surface area contributed by atoms with Gasteiger partial charge in [-0.1, -0.05) is 17.7 Å². The van der Waals surface area contributed by atoms with Gasteiger partial charge in [-0.15, -0.1) is 11.3 Å². The first kappa shape index (κ1) is 14.5. The van der Waals surface area contributed by atoms with Crippen molar-refractivity contribution in [3.05, 3.63) is 59.2 Å². The molecule has 2 aromatic heterocycles. The molecule has 0 fully saturated rings. The van der Waals surface area contributed by atoms with E-state index in [1.54, 1.807) is 36.7 Å². The lowest BCUT2D eigenvalue weighted by molar-refractivity contribution is 0.262. The predicted molar refractivity (Wildman–Crippen MR) is 89.4 cm³/mol. The third-order valence-electron chi connectivity index (χ3n) is 2.78. The minimum Gasteiger partial charge on any atom is -0.308 e. The molecule has 0 bridgehead atoms. The van der Waals surface area contributed by atoms with Crippen LogP contribution >= 0.6 is 22.9 Å². The molecule has 2 heterocycles. The van der Waals surface area contributed by atoms with Crippen LogP contribution < -0.4 is 10.6 Å². The minimum atomic E-state index is -0.363. The molecular formula is C15H11ClN4OS. The van der Waals surface area contributed by atoms with Crippen molar-refractivity contribution in [3.8, 4) is 11.3 Å². The third kappa shape index (κ3) is 3.60. The average Bonchev–Trinajstić information content (AvgIpc) is 2.96. The van der Waals surface area contributed by atoms with Gasteiger partial charge < -0.3 is 5.32 Å². The first-order valence-electron chi connectivity index (χ1n) is 6.40. The maximum atomic E-state index is 11.9. The van der Waals surface area contributed by atoms with Gasteiger partial charge in [-0.25, -0.2) is 9.78 Å². The number of thiazole rings is 1. The van der Waals surface area contributed by atoms with Crippen LogP contribution in [-0.4, -0.2) is 16.0 Å². The van der Waals surface area contributed by atoms with Crippen LogP contribution in [0.1, 0.15) is 0 Å². The van der Waals surface area contributed by atoms with Crippen molar-refractivity contribution in [3.63, 3.8) is 0 Å². The number of pyridine rings is 1. The van der Waals surface area contributed by atoms with E-state index in [0.29, 0.717) is 15.8 Å². The van der Waals surface area contributed by atoms with Crippen LogP contribution in [0.15, 0.2) is 54.2 Å². The normalized spacial score (nSPS) is 10.2. The zero-order valence-electron chi connectivity index (χ0n) is 11.3. The highest BCUT2D eigenvalue weighted by atomic mass is 35.5. The van der Waals surface area contributed by atoms with Crippen molar-refractivity contribution < 1.29 is 4.79 Å². The number of carbonyl (C=O) groups is 1. The fraction of sp³-hybridized carbons (Fsp3) is 0. The van der Waals surface area contributed by atoms with E-state index in [0.717, 1.165) is 11.3 Å². The van der Waals surface area contributed by atoms with Crippen LogP contribution in [0.25, 0.3) is 11.3 Å². The van der Waals surface area contributed by atoms with Gasteiger partial charge in [-0.05, 0) is 30.3 Å². The van der Waals surface area contributed by atoms with Crippen LogP contribution in [-0.2, 0) is 0 Å². The molecule has 0 unspecified atom stereocenters. The highest BCUT2D eigenvalue weighted by molar-refractivity contribution is 7.14. The van der Waals surface area contributed by atoms with Gasteiger partial charge >= 0.3 is 6.03 Å². The Hall–Kier alpha value is -2.44. The summed E-state index contributed by atoms with van der Waals surface area (Å²) in [5.74, 6) is 0. The number of amides is 2. The van der Waals surface area contributed by atoms with E-state index in [2.05, 4.69) is 20.6 Å². The second-order valence-electron chi connectivity index (χ2n) is 4.36. The van der Waals surface area contributed by atoms with E-state index in [4.69, 9.17) is 11.6 Å². The SMILES string of the molecule is O=C(Nc1cccc(Cl)c1)Nc1nc(-c2ccncc2)cs1. The van der Waals surface area contributed by atoms with Gasteiger partial charge in [0.1, 0.15) is 0 Å². The summed E-state index contributed by atoms with van der Waals surface area (Å²) in [6, 6.07) is 10.3. The number of benzene rings is 1. The summed E-state index contributed by atoms with van der Waals surface area (Å²) in [6.07, 6.45) is 3.40. The van der Waals surface area contributed by atoms with Crippen LogP contribution in [0.4, 0.5) is 15.6 Å². The molecule has 0 saturated carbocycles. The monoisotopic (exact) mass is 330 g/mol. The largest absolute Gasteiger partial charge is 0.325 e. The molecular weight excluding hydrogens is 320 g/mol. The molecule has 0 spiro atoms. The zero-order chi connectivity index (χ0) is 15.4. The zero-order valence-corrected chi connectivity index (χ0v) is 12.9. The third-order valence-corrected chi connectivity index (χ3v) is 3.78. The Bertz CT molecular complexity index is 791. The highest BCUT2D eigenvalue weighted by Crippen LogP contribution is 2.24. The Kier molecular flexibility index (Phi) is 4.32. The summed E-state index contributed by atoms with van der Waals surface area (Å²) < 4.78 is 0. The maximum Gasteiger partial charge on any atom is 0.325 e. The average molecular weight is 331 g/mol. The summed E-state index contributed by atoms with van der Waals surface area (Å²) >= 11 is 7.23. The lowest BCUT2D eigenvalue weighted by Crippen LogP contribution is -2.19. The van der Waals surface area contributed by atoms with E-state index in [9.17, 15) is 4.79 Å². The Balaban J connectivity index is 1.66. The molecule has 2 N–H and O–H groups in total. The predicted octanol–water partition coefficient (Wildman–Crippen LogP) is 4.50. The molecule has 1 aromatic carbocycles. The smallest absolute Gasteiger partial charge is 0.308 e. The molecule has 0 aliphatic rings. The first-order chi connectivity index (χ1) is 10.7. The van der Waals surface area contributed by atoms with Gasteiger partial charge in [0.2, 0.25) is 0 Å². The van der Waals surface area contributed by atoms with Crippen molar-refractivity contribution in [1.29, 1.82) is 0 Å². The number of anilines is 2. The number of urea groups is 1. The fourth-order valence-electron chi connectivity index (χ4n) is 1.81. The summed E-state index contributed by atoms with van der Waals surface area (Å²) in [4.78, 5) is 20.3. The van der Waals surface area contributed by atoms with Crippen molar-refractivity contribution in [2.75, 3.05) is 10.6 Å². The molecule has 5 nitrogen and oxygen atoms in total. The number of hydrogen-bond donors (Lipinski definition) is 2. The van der Waals surface area contributed by atoms with E-state index in [1.807, 2.05) is 17.5 Å². The van der Waals surface area contributed by atoms with Crippen molar-refractivity contribution in [1.82, 2.24) is 9.97 Å². The second kappa shape index (κ2) is 6.55. The number of nitrogens with one attached hydrogen (secondary N) is 2. The summed E-state index contributed by atoms with van der Waals surface area (Å²) in [5, 5.41) is 8.36. The summed E-state index contributed by atoms with van der Waals surface area (Å²) in [7, 11) is 0. The first-order valence-corrected chi connectivity index (χ1v) is 7.66. The lowest BCUT2D eigenvalue weighted by Gasteiger charge is -2.05. The lowest BCUT2D eigenvalue weighted by atomic mass is 10.2. The Morgan fingerprint density at radius 2 is 1.95 bits per heavy atom. The molecule has 0 aliphatic carbocycles. The van der Waals surface area contributed by atoms with Gasteiger partial charge in [0, 0.05) is 34.0 Å². The minimum absolute atomic E-state index is 0.363. The fourth-order valence-corrected chi connectivity index (χ4v) is 2.72. The summed E-state index contributed by atoms with van der Waals surface area (Å²) in [6.45, 7) is 0. The number of rotatable bonds is 3. The van der Waals surface area contributed by atoms with Crippen molar-refractivity contribution in [2.45, 2.75) is 0 Å². The van der Waals surface area contributed by atoms with E-state index in [1.165, 1.54) is 11.3 Å². The quantitative estimate of drug-likeness (QED) is 0.742. The molecule has 0 aliphatic heterocycles. The number of aromatic nitrogens is 2. The van der Waals surface area contributed by atoms with E-state index in [-0.39, 0.29) is 6.03 Å². The Morgan fingerprint density at radius 3 is 2.73 bits per heavy atom. The van der Waals surface area contributed by atoms with Gasteiger partial charge in [0.15, 0.2) is 5.13 Å². The molecule has 2 amide bonds.